The van der Waals surface area contributed by atoms with E-state index in [9.17, 15) is 4.39 Å². The van der Waals surface area contributed by atoms with E-state index in [1.54, 1.807) is 13.0 Å². The molecule has 2 nitrogen and oxygen atoms in total. The monoisotopic (exact) mass is 150 g/mol. The summed E-state index contributed by atoms with van der Waals surface area (Å²) in [5.41, 5.74) is 0.744. The van der Waals surface area contributed by atoms with Crippen LogP contribution in [-0.2, 0) is 0 Å². The largest absolute Gasteiger partial charge is 0.228 e. The molecule has 1 atom stereocenters. The Labute approximate surface area is 64.3 Å². The van der Waals surface area contributed by atoms with Crippen molar-refractivity contribution in [2.75, 3.05) is 0 Å². The quantitative estimate of drug-likeness (QED) is 0.573. The van der Waals surface area contributed by atoms with Gasteiger partial charge in [-0.2, -0.15) is 9.65 Å². The van der Waals surface area contributed by atoms with Crippen molar-refractivity contribution >= 4 is 0 Å². The van der Waals surface area contributed by atoms with Crippen LogP contribution in [0.3, 0.4) is 0 Å². The molecule has 0 bridgehead atoms. The predicted octanol–water partition coefficient (Wildman–Crippen LogP) is 1.85. The van der Waals surface area contributed by atoms with Gasteiger partial charge in [0.05, 0.1) is 12.0 Å². The second kappa shape index (κ2) is 3.11. The van der Waals surface area contributed by atoms with Crippen LogP contribution < -0.4 is 0 Å². The molecule has 0 saturated carbocycles. The lowest BCUT2D eigenvalue weighted by molar-refractivity contribution is 0.582. The topological polar surface area (TPSA) is 36.7 Å². The molecule has 0 fully saturated rings. The average molecular weight is 150 g/mol. The average Bonchev–Trinajstić information content (AvgIpc) is 2.05. The minimum atomic E-state index is -0.515. The van der Waals surface area contributed by atoms with E-state index in [0.29, 0.717) is 0 Å². The smallest absolute Gasteiger partial charge is 0.212 e. The predicted molar refractivity (Wildman–Crippen MR) is 38.2 cm³/mol. The molecule has 0 saturated heterocycles. The number of hydrogen-bond acceptors (Lipinski definition) is 2. The first-order valence-electron chi connectivity index (χ1n) is 3.25. The molecule has 0 aliphatic heterocycles. The number of halogens is 1. The lowest BCUT2D eigenvalue weighted by Crippen LogP contribution is -1.91. The summed E-state index contributed by atoms with van der Waals surface area (Å²) in [6.45, 7) is 1.74. The normalized spacial score (nSPS) is 12.1. The standard InChI is InChI=1S/C8H7FN2/c1-6(4-10)7-2-3-8(9)11-5-7/h2-3,5-6H,1H3. The minimum Gasteiger partial charge on any atom is -0.228 e. The van der Waals surface area contributed by atoms with Crippen molar-refractivity contribution in [1.29, 1.82) is 5.26 Å². The van der Waals surface area contributed by atoms with Gasteiger partial charge in [-0.05, 0) is 18.6 Å². The second-order valence-corrected chi connectivity index (χ2v) is 2.27. The van der Waals surface area contributed by atoms with Crippen LogP contribution in [0.5, 0.6) is 0 Å². The Bertz CT molecular complexity index is 273. The van der Waals surface area contributed by atoms with E-state index >= 15 is 0 Å². The Morgan fingerprint density at radius 2 is 2.36 bits per heavy atom. The highest BCUT2D eigenvalue weighted by Crippen LogP contribution is 2.11. The Hall–Kier alpha value is -1.43. The van der Waals surface area contributed by atoms with Gasteiger partial charge in [0.25, 0.3) is 0 Å². The van der Waals surface area contributed by atoms with Crippen molar-refractivity contribution in [2.24, 2.45) is 0 Å². The SMILES string of the molecule is CC(C#N)c1ccc(F)nc1. The van der Waals surface area contributed by atoms with Crippen molar-refractivity contribution in [3.8, 4) is 6.07 Å². The highest BCUT2D eigenvalue weighted by atomic mass is 19.1. The molecule has 56 valence electrons. The molecule has 1 aromatic heterocycles. The van der Waals surface area contributed by atoms with E-state index in [2.05, 4.69) is 4.98 Å². The third-order valence-corrected chi connectivity index (χ3v) is 1.44. The maximum Gasteiger partial charge on any atom is 0.212 e. The number of nitriles is 1. The van der Waals surface area contributed by atoms with Crippen LogP contribution in [0.1, 0.15) is 18.4 Å². The first-order valence-corrected chi connectivity index (χ1v) is 3.25. The lowest BCUT2D eigenvalue weighted by atomic mass is 10.1. The summed E-state index contributed by atoms with van der Waals surface area (Å²) in [5.74, 6) is -0.734. The molecule has 0 aromatic carbocycles. The van der Waals surface area contributed by atoms with Gasteiger partial charge in [0.15, 0.2) is 0 Å². The van der Waals surface area contributed by atoms with Crippen molar-refractivity contribution in [3.05, 3.63) is 29.8 Å². The third-order valence-electron chi connectivity index (χ3n) is 1.44. The fraction of sp³-hybridized carbons (Fsp3) is 0.250. The van der Waals surface area contributed by atoms with Crippen LogP contribution >= 0.6 is 0 Å². The van der Waals surface area contributed by atoms with Crippen LogP contribution in [0.15, 0.2) is 18.3 Å². The Kier molecular flexibility index (Phi) is 2.17. The van der Waals surface area contributed by atoms with Gasteiger partial charge in [0, 0.05) is 6.20 Å². The zero-order valence-corrected chi connectivity index (χ0v) is 6.08. The maximum atomic E-state index is 12.3. The van der Waals surface area contributed by atoms with E-state index in [1.807, 2.05) is 6.07 Å². The fourth-order valence-electron chi connectivity index (χ4n) is 0.718. The molecule has 3 heteroatoms. The van der Waals surface area contributed by atoms with Crippen molar-refractivity contribution < 1.29 is 4.39 Å². The Morgan fingerprint density at radius 3 is 2.82 bits per heavy atom. The van der Waals surface area contributed by atoms with Crippen molar-refractivity contribution in [3.63, 3.8) is 0 Å². The number of hydrogen-bond donors (Lipinski definition) is 0. The van der Waals surface area contributed by atoms with Crippen LogP contribution in [0.25, 0.3) is 0 Å². The summed E-state index contributed by atoms with van der Waals surface area (Å²) < 4.78 is 12.3. The van der Waals surface area contributed by atoms with Gasteiger partial charge in [-0.25, -0.2) is 4.98 Å². The van der Waals surface area contributed by atoms with Crippen molar-refractivity contribution in [1.82, 2.24) is 4.98 Å². The van der Waals surface area contributed by atoms with Gasteiger partial charge >= 0.3 is 0 Å². The zero-order valence-electron chi connectivity index (χ0n) is 6.08. The molecule has 1 heterocycles. The van der Waals surface area contributed by atoms with E-state index in [-0.39, 0.29) is 5.92 Å². The molecule has 1 unspecified atom stereocenters. The number of rotatable bonds is 1. The van der Waals surface area contributed by atoms with E-state index in [1.165, 1.54) is 12.3 Å². The fourth-order valence-corrected chi connectivity index (χ4v) is 0.718. The number of aromatic nitrogens is 1. The lowest BCUT2D eigenvalue weighted by Gasteiger charge is -1.99. The van der Waals surface area contributed by atoms with Crippen LogP contribution in [-0.4, -0.2) is 4.98 Å². The first kappa shape index (κ1) is 7.67. The van der Waals surface area contributed by atoms with Gasteiger partial charge in [-0.3, -0.25) is 0 Å². The first-order chi connectivity index (χ1) is 5.24. The van der Waals surface area contributed by atoms with Gasteiger partial charge < -0.3 is 0 Å². The summed E-state index contributed by atoms with van der Waals surface area (Å²) >= 11 is 0. The van der Waals surface area contributed by atoms with Crippen LogP contribution in [0, 0.1) is 17.3 Å². The summed E-state index contributed by atoms with van der Waals surface area (Å²) in [7, 11) is 0. The summed E-state index contributed by atoms with van der Waals surface area (Å²) in [6.07, 6.45) is 1.38. The molecule has 0 N–H and O–H groups in total. The molecule has 11 heavy (non-hydrogen) atoms. The molecule has 1 aromatic rings. The third kappa shape index (κ3) is 1.74. The van der Waals surface area contributed by atoms with Gasteiger partial charge in [0.2, 0.25) is 5.95 Å². The molecule has 0 radical (unpaired) electrons. The highest BCUT2D eigenvalue weighted by Gasteiger charge is 2.02. The van der Waals surface area contributed by atoms with Crippen LogP contribution in [0.2, 0.25) is 0 Å². The van der Waals surface area contributed by atoms with E-state index in [0.717, 1.165) is 5.56 Å². The zero-order chi connectivity index (χ0) is 8.27. The maximum absolute atomic E-state index is 12.3. The molecule has 0 spiro atoms. The van der Waals surface area contributed by atoms with E-state index in [4.69, 9.17) is 5.26 Å². The highest BCUT2D eigenvalue weighted by molar-refractivity contribution is 5.19. The van der Waals surface area contributed by atoms with Crippen LogP contribution in [0.4, 0.5) is 4.39 Å². The summed E-state index contributed by atoms with van der Waals surface area (Å²) in [4.78, 5) is 3.43. The van der Waals surface area contributed by atoms with Gasteiger partial charge in [-0.1, -0.05) is 6.07 Å². The molecular weight excluding hydrogens is 143 g/mol. The molecular formula is C8H7FN2. The van der Waals surface area contributed by atoms with Gasteiger partial charge in [0.1, 0.15) is 0 Å². The number of nitrogens with zero attached hydrogens (tertiary/aromatic N) is 2. The molecule has 0 aliphatic rings. The summed E-state index contributed by atoms with van der Waals surface area (Å²) in [6, 6.07) is 4.86. The molecule has 1 rings (SSSR count). The Balaban J connectivity index is 2.92. The Morgan fingerprint density at radius 1 is 1.64 bits per heavy atom. The van der Waals surface area contributed by atoms with Crippen molar-refractivity contribution in [2.45, 2.75) is 12.8 Å². The second-order valence-electron chi connectivity index (χ2n) is 2.27. The molecule has 0 aliphatic carbocycles. The summed E-state index contributed by atoms with van der Waals surface area (Å²) in [5, 5.41) is 8.49. The van der Waals surface area contributed by atoms with E-state index < -0.39 is 5.95 Å². The minimum absolute atomic E-state index is 0.219. The molecule has 0 amide bonds. The van der Waals surface area contributed by atoms with Gasteiger partial charge in [-0.15, -0.1) is 0 Å². The number of pyridine rings is 1.